The van der Waals surface area contributed by atoms with Gasteiger partial charge in [-0.2, -0.15) is 13.2 Å². The molecule has 9 heteroatoms. The number of imidazole rings is 1. The van der Waals surface area contributed by atoms with Crippen LogP contribution in [0.25, 0.3) is 0 Å². The van der Waals surface area contributed by atoms with Gasteiger partial charge in [0.05, 0.1) is 11.9 Å². The van der Waals surface area contributed by atoms with Gasteiger partial charge in [0.2, 0.25) is 0 Å². The van der Waals surface area contributed by atoms with Crippen LogP contribution >= 0.6 is 0 Å². The van der Waals surface area contributed by atoms with E-state index in [0.29, 0.717) is 24.4 Å². The molecule has 0 bridgehead atoms. The fraction of sp³-hybridized carbons (Fsp3) is 0.474. The number of carbonyl (C=O) groups is 1. The highest BCUT2D eigenvalue weighted by Gasteiger charge is 2.53. The largest absolute Gasteiger partial charge is 0.416 e. The molecule has 5 nitrogen and oxygen atoms in total. The lowest BCUT2D eigenvalue weighted by Gasteiger charge is -2.24. The summed E-state index contributed by atoms with van der Waals surface area (Å²) < 4.78 is 54.9. The van der Waals surface area contributed by atoms with Crippen LogP contribution in [-0.2, 0) is 19.8 Å². The van der Waals surface area contributed by atoms with Gasteiger partial charge >= 0.3 is 6.18 Å². The van der Waals surface area contributed by atoms with E-state index in [0.717, 1.165) is 25.2 Å². The summed E-state index contributed by atoms with van der Waals surface area (Å²) in [5.74, 6) is 0.0402. The maximum atomic E-state index is 14.2. The number of nitrogens with one attached hydrogen (secondary N) is 1. The summed E-state index contributed by atoms with van der Waals surface area (Å²) in [7, 11) is 1.72. The smallest absolute Gasteiger partial charge is 0.340 e. The van der Waals surface area contributed by atoms with Gasteiger partial charge < -0.3 is 14.8 Å². The molecular formula is C19H20F4N4O. The van der Waals surface area contributed by atoms with Crippen LogP contribution in [0, 0.1) is 23.6 Å². The van der Waals surface area contributed by atoms with Crippen molar-refractivity contribution in [1.29, 1.82) is 0 Å². The first-order valence-corrected chi connectivity index (χ1v) is 9.07. The molecule has 2 aromatic rings. The Morgan fingerprint density at radius 1 is 1.32 bits per heavy atom. The normalized spacial score (nSPS) is 23.5. The van der Waals surface area contributed by atoms with Gasteiger partial charge in [-0.1, -0.05) is 0 Å². The molecule has 150 valence electrons. The molecule has 1 saturated carbocycles. The second-order valence-corrected chi connectivity index (χ2v) is 7.56. The average Bonchev–Trinajstić information content (AvgIpc) is 3.01. The van der Waals surface area contributed by atoms with Crippen LogP contribution in [0.3, 0.4) is 0 Å². The van der Waals surface area contributed by atoms with Crippen LogP contribution < -0.4 is 5.32 Å². The first kappa shape index (κ1) is 18.9. The summed E-state index contributed by atoms with van der Waals surface area (Å²) in [6.07, 6.45) is -1.55. The van der Waals surface area contributed by atoms with Gasteiger partial charge in [0, 0.05) is 31.9 Å². The van der Waals surface area contributed by atoms with Gasteiger partial charge in [-0.05, 0) is 49.0 Å². The first-order valence-electron chi connectivity index (χ1n) is 9.07. The number of benzene rings is 1. The number of hydrogen-bond donors (Lipinski definition) is 1. The number of fused-ring (bicyclic) bond motifs is 1. The van der Waals surface area contributed by atoms with E-state index in [1.54, 1.807) is 17.8 Å². The Morgan fingerprint density at radius 3 is 2.64 bits per heavy atom. The summed E-state index contributed by atoms with van der Waals surface area (Å²) in [5.41, 5.74) is -0.886. The van der Waals surface area contributed by atoms with Crippen molar-refractivity contribution in [1.82, 2.24) is 19.8 Å². The summed E-state index contributed by atoms with van der Waals surface area (Å²) >= 11 is 0. The number of piperidine rings is 1. The van der Waals surface area contributed by atoms with Gasteiger partial charge in [-0.15, -0.1) is 0 Å². The third-order valence-electron chi connectivity index (χ3n) is 5.65. The van der Waals surface area contributed by atoms with Crippen LogP contribution in [0.1, 0.15) is 21.6 Å². The van der Waals surface area contributed by atoms with E-state index in [2.05, 4.69) is 10.3 Å². The highest BCUT2D eigenvalue weighted by Crippen LogP contribution is 2.49. The van der Waals surface area contributed by atoms with E-state index in [1.165, 1.54) is 11.2 Å². The highest BCUT2D eigenvalue weighted by atomic mass is 19.4. The summed E-state index contributed by atoms with van der Waals surface area (Å²) in [5, 5.41) is 3.27. The monoisotopic (exact) mass is 396 g/mol. The van der Waals surface area contributed by atoms with Crippen molar-refractivity contribution in [2.75, 3.05) is 19.6 Å². The summed E-state index contributed by atoms with van der Waals surface area (Å²) in [4.78, 5) is 18.4. The number of carbonyl (C=O) groups excluding carboxylic acids is 1. The molecular weight excluding hydrogens is 376 g/mol. The molecule has 2 fully saturated rings. The maximum absolute atomic E-state index is 14.2. The number of halogens is 4. The predicted molar refractivity (Wildman–Crippen MR) is 92.7 cm³/mol. The topological polar surface area (TPSA) is 50.2 Å². The third kappa shape index (κ3) is 3.63. The van der Waals surface area contributed by atoms with Crippen LogP contribution in [0.15, 0.2) is 30.7 Å². The molecule has 1 aliphatic carbocycles. The van der Waals surface area contributed by atoms with Crippen LogP contribution in [0.2, 0.25) is 0 Å². The standard InChI is InChI=1S/C19H20F4N4O/c1-26-9-17(25-10-26)18(28)27(8-15-13-5-24-6-14(13)15)7-11-4-12(19(21,22)23)2-3-16(11)20/h2-4,9-10,13-15,24H,5-8H2,1H3. The lowest BCUT2D eigenvalue weighted by Crippen LogP contribution is -2.35. The maximum Gasteiger partial charge on any atom is 0.416 e. The van der Waals surface area contributed by atoms with Gasteiger partial charge in [-0.3, -0.25) is 4.79 Å². The minimum absolute atomic E-state index is 0.150. The molecule has 0 radical (unpaired) electrons. The molecule has 2 unspecified atom stereocenters. The van der Waals surface area contributed by atoms with E-state index >= 15 is 0 Å². The molecule has 1 amide bonds. The molecule has 1 saturated heterocycles. The Balaban J connectivity index is 1.59. The minimum atomic E-state index is -4.57. The average molecular weight is 396 g/mol. The van der Waals surface area contributed by atoms with Gasteiger partial charge in [0.25, 0.3) is 5.91 Å². The van der Waals surface area contributed by atoms with Crippen molar-refractivity contribution >= 4 is 5.91 Å². The minimum Gasteiger partial charge on any atom is -0.340 e. The molecule has 1 aliphatic heterocycles. The molecule has 0 spiro atoms. The number of amides is 1. The van der Waals surface area contributed by atoms with Crippen LogP contribution in [0.5, 0.6) is 0 Å². The summed E-state index contributed by atoms with van der Waals surface area (Å²) in [6.45, 7) is 1.90. The zero-order valence-corrected chi connectivity index (χ0v) is 15.2. The van der Waals surface area contributed by atoms with Crippen molar-refractivity contribution in [2.45, 2.75) is 12.7 Å². The van der Waals surface area contributed by atoms with Crippen molar-refractivity contribution in [3.63, 3.8) is 0 Å². The quantitative estimate of drug-likeness (QED) is 0.791. The van der Waals surface area contributed by atoms with Gasteiger partial charge in [0.15, 0.2) is 0 Å². The van der Waals surface area contributed by atoms with Crippen LogP contribution in [0.4, 0.5) is 17.6 Å². The Labute approximate surface area is 159 Å². The highest BCUT2D eigenvalue weighted by molar-refractivity contribution is 5.92. The fourth-order valence-corrected chi connectivity index (χ4v) is 4.05. The van der Waals surface area contributed by atoms with Crippen LogP contribution in [-0.4, -0.2) is 40.0 Å². The lowest BCUT2D eigenvalue weighted by molar-refractivity contribution is -0.137. The Bertz CT molecular complexity index is 884. The van der Waals surface area contributed by atoms with E-state index < -0.39 is 23.5 Å². The zero-order valence-electron chi connectivity index (χ0n) is 15.2. The Morgan fingerprint density at radius 2 is 2.04 bits per heavy atom. The molecule has 1 aromatic heterocycles. The number of nitrogens with zero attached hydrogens (tertiary/aromatic N) is 3. The van der Waals surface area contributed by atoms with E-state index in [-0.39, 0.29) is 23.7 Å². The number of alkyl halides is 3. The van der Waals surface area contributed by atoms with Gasteiger partial charge in [-0.25, -0.2) is 9.37 Å². The summed E-state index contributed by atoms with van der Waals surface area (Å²) in [6, 6.07) is 2.29. The molecule has 2 heterocycles. The number of hydrogen-bond acceptors (Lipinski definition) is 3. The van der Waals surface area contributed by atoms with Crippen molar-refractivity contribution in [3.8, 4) is 0 Å². The first-order chi connectivity index (χ1) is 13.2. The second-order valence-electron chi connectivity index (χ2n) is 7.56. The van der Waals surface area contributed by atoms with Crippen molar-refractivity contribution in [2.24, 2.45) is 24.8 Å². The van der Waals surface area contributed by atoms with E-state index in [9.17, 15) is 22.4 Å². The second kappa shape index (κ2) is 6.88. The zero-order chi connectivity index (χ0) is 20.1. The predicted octanol–water partition coefficient (Wildman–Crippen LogP) is 2.69. The number of aromatic nitrogens is 2. The molecule has 4 rings (SSSR count). The molecule has 1 N–H and O–H groups in total. The molecule has 1 aromatic carbocycles. The van der Waals surface area contributed by atoms with E-state index in [1.807, 2.05) is 0 Å². The van der Waals surface area contributed by atoms with Gasteiger partial charge in [0.1, 0.15) is 11.5 Å². The van der Waals surface area contributed by atoms with E-state index in [4.69, 9.17) is 0 Å². The SMILES string of the molecule is Cn1cnc(C(=O)N(Cc2cc(C(F)(F)F)ccc2F)CC2C3CNCC32)c1. The lowest BCUT2D eigenvalue weighted by atomic mass is 10.1. The number of aryl methyl sites for hydroxylation is 1. The molecule has 2 atom stereocenters. The fourth-order valence-electron chi connectivity index (χ4n) is 4.05. The molecule has 28 heavy (non-hydrogen) atoms. The Hall–Kier alpha value is -2.42. The third-order valence-corrected chi connectivity index (χ3v) is 5.65. The van der Waals surface area contributed by atoms with Crippen molar-refractivity contribution < 1.29 is 22.4 Å². The van der Waals surface area contributed by atoms with Crippen molar-refractivity contribution in [3.05, 3.63) is 53.4 Å². The molecule has 2 aliphatic rings. The number of rotatable bonds is 5. The Kier molecular flexibility index (Phi) is 4.65.